The molecule has 1 aromatic carbocycles. The lowest BCUT2D eigenvalue weighted by atomic mass is 10.2. The topological polar surface area (TPSA) is 84.0 Å². The summed E-state index contributed by atoms with van der Waals surface area (Å²) in [5.41, 5.74) is 0.884. The van der Waals surface area contributed by atoms with E-state index in [0.717, 1.165) is 12.1 Å². The van der Waals surface area contributed by atoms with Gasteiger partial charge in [-0.05, 0) is 46.2 Å². The monoisotopic (exact) mass is 370 g/mol. The molecular weight excluding hydrogens is 356 g/mol. The fourth-order valence-electron chi connectivity index (χ4n) is 1.66. The second kappa shape index (κ2) is 6.97. The van der Waals surface area contributed by atoms with Gasteiger partial charge >= 0.3 is 0 Å². The summed E-state index contributed by atoms with van der Waals surface area (Å²) in [5.74, 6) is 0.0430. The summed E-state index contributed by atoms with van der Waals surface area (Å²) in [5, 5.41) is 3.16. The zero-order valence-electron chi connectivity index (χ0n) is 11.4. The predicted octanol–water partition coefficient (Wildman–Crippen LogP) is 2.15. The molecule has 0 saturated carbocycles. The fourth-order valence-corrected chi connectivity index (χ4v) is 3.63. The van der Waals surface area contributed by atoms with E-state index in [2.05, 4.69) is 35.9 Å². The molecule has 0 amide bonds. The molecule has 0 aliphatic rings. The molecule has 0 unspecified atom stereocenters. The van der Waals surface area contributed by atoms with Crippen molar-refractivity contribution >= 4 is 31.9 Å². The second-order valence-corrected chi connectivity index (χ2v) is 6.73. The van der Waals surface area contributed by atoms with E-state index in [-0.39, 0.29) is 10.8 Å². The van der Waals surface area contributed by atoms with Crippen LogP contribution in [0.4, 0.5) is 5.95 Å². The van der Waals surface area contributed by atoms with Gasteiger partial charge in [0.2, 0.25) is 5.95 Å². The first-order valence-electron chi connectivity index (χ1n) is 6.32. The minimum atomic E-state index is -3.74. The normalized spacial score (nSPS) is 11.3. The number of hydrogen-bond acceptors (Lipinski definition) is 5. The number of hydrogen-bond donors (Lipinski definition) is 2. The first-order chi connectivity index (χ1) is 10.0. The van der Waals surface area contributed by atoms with Gasteiger partial charge in [0.05, 0.1) is 0 Å². The van der Waals surface area contributed by atoms with Crippen molar-refractivity contribution in [1.29, 1.82) is 0 Å². The third-order valence-corrected chi connectivity index (χ3v) is 4.98. The lowest BCUT2D eigenvalue weighted by Gasteiger charge is -2.10. The van der Waals surface area contributed by atoms with Crippen molar-refractivity contribution in [3.63, 3.8) is 0 Å². The maximum Gasteiger partial charge on any atom is 0.265 e. The third-order valence-electron chi connectivity index (χ3n) is 2.66. The predicted molar refractivity (Wildman–Crippen MR) is 84.4 cm³/mol. The van der Waals surface area contributed by atoms with E-state index in [1.54, 1.807) is 18.2 Å². The molecule has 0 atom stereocenters. The summed E-state index contributed by atoms with van der Waals surface area (Å²) in [4.78, 5) is 7.88. The zero-order chi connectivity index (χ0) is 15.3. The molecule has 2 aromatic rings. The van der Waals surface area contributed by atoms with Crippen molar-refractivity contribution in [1.82, 2.24) is 15.3 Å². The summed E-state index contributed by atoms with van der Waals surface area (Å²) < 4.78 is 27.7. The maximum atomic E-state index is 12.4. The number of anilines is 1. The van der Waals surface area contributed by atoms with Crippen LogP contribution in [0.5, 0.6) is 0 Å². The van der Waals surface area contributed by atoms with Gasteiger partial charge in [0.25, 0.3) is 10.0 Å². The molecule has 1 aromatic heterocycles. The number of rotatable bonds is 6. The molecule has 0 radical (unpaired) electrons. The van der Waals surface area contributed by atoms with Gasteiger partial charge in [-0.1, -0.05) is 13.0 Å². The molecule has 2 N–H and O–H groups in total. The zero-order valence-corrected chi connectivity index (χ0v) is 13.8. The number of halogens is 1. The third kappa shape index (κ3) is 4.23. The summed E-state index contributed by atoms with van der Waals surface area (Å²) in [7, 11) is -3.74. The van der Waals surface area contributed by atoms with Crippen LogP contribution in [0.15, 0.2) is 46.0 Å². The van der Waals surface area contributed by atoms with Crippen molar-refractivity contribution in [2.24, 2.45) is 0 Å². The molecule has 0 bridgehead atoms. The van der Waals surface area contributed by atoms with Crippen molar-refractivity contribution in [3.05, 3.63) is 46.7 Å². The standard InChI is InChI=1S/C13H15BrN4O2S/c1-2-15-9-10-4-5-11(14)12(8-10)21(19,20)18-13-16-6-3-7-17-13/h3-8,15H,2,9H2,1H3,(H,16,17,18). The lowest BCUT2D eigenvalue weighted by Crippen LogP contribution is -2.17. The van der Waals surface area contributed by atoms with Crippen LogP contribution < -0.4 is 10.0 Å². The van der Waals surface area contributed by atoms with Gasteiger partial charge in [0.15, 0.2) is 0 Å². The van der Waals surface area contributed by atoms with Crippen LogP contribution in [0, 0.1) is 0 Å². The van der Waals surface area contributed by atoms with Crippen LogP contribution in [0.2, 0.25) is 0 Å². The molecule has 6 nitrogen and oxygen atoms in total. The van der Waals surface area contributed by atoms with E-state index in [4.69, 9.17) is 0 Å². The number of aromatic nitrogens is 2. The van der Waals surface area contributed by atoms with E-state index < -0.39 is 10.0 Å². The summed E-state index contributed by atoms with van der Waals surface area (Å²) >= 11 is 3.27. The van der Waals surface area contributed by atoms with Crippen molar-refractivity contribution in [2.75, 3.05) is 11.3 Å². The first kappa shape index (κ1) is 15.9. The van der Waals surface area contributed by atoms with E-state index >= 15 is 0 Å². The largest absolute Gasteiger partial charge is 0.313 e. The minimum Gasteiger partial charge on any atom is -0.313 e. The van der Waals surface area contributed by atoms with Gasteiger partial charge in [-0.25, -0.2) is 23.1 Å². The summed E-state index contributed by atoms with van der Waals surface area (Å²) in [6.07, 6.45) is 2.95. The van der Waals surface area contributed by atoms with Crippen molar-refractivity contribution in [2.45, 2.75) is 18.4 Å². The van der Waals surface area contributed by atoms with Crippen LogP contribution in [-0.4, -0.2) is 24.9 Å². The van der Waals surface area contributed by atoms with E-state index in [1.807, 2.05) is 13.0 Å². The van der Waals surface area contributed by atoms with Gasteiger partial charge < -0.3 is 5.32 Å². The molecule has 1 heterocycles. The average molecular weight is 371 g/mol. The second-order valence-electron chi connectivity index (χ2n) is 4.22. The molecule has 0 spiro atoms. The average Bonchev–Trinajstić information content (AvgIpc) is 2.47. The fraction of sp³-hybridized carbons (Fsp3) is 0.231. The van der Waals surface area contributed by atoms with Gasteiger partial charge in [-0.2, -0.15) is 0 Å². The van der Waals surface area contributed by atoms with Gasteiger partial charge in [-0.15, -0.1) is 0 Å². The SMILES string of the molecule is CCNCc1ccc(Br)c(S(=O)(=O)Nc2ncccn2)c1. The Labute approximate surface area is 132 Å². The highest BCUT2D eigenvalue weighted by atomic mass is 79.9. The Hall–Kier alpha value is -1.51. The molecule has 0 aliphatic carbocycles. The molecule has 0 fully saturated rings. The molecule has 2 rings (SSSR count). The summed E-state index contributed by atoms with van der Waals surface area (Å²) in [6, 6.07) is 6.82. The van der Waals surface area contributed by atoms with Crippen LogP contribution in [-0.2, 0) is 16.6 Å². The molecule has 21 heavy (non-hydrogen) atoms. The Kier molecular flexibility index (Phi) is 5.27. The lowest BCUT2D eigenvalue weighted by molar-refractivity contribution is 0.600. The number of benzene rings is 1. The van der Waals surface area contributed by atoms with E-state index in [9.17, 15) is 8.42 Å². The molecule has 112 valence electrons. The Balaban J connectivity index is 2.30. The number of nitrogens with zero attached hydrogens (tertiary/aromatic N) is 2. The van der Waals surface area contributed by atoms with Gasteiger partial charge in [-0.3, -0.25) is 0 Å². The molecule has 0 saturated heterocycles. The van der Waals surface area contributed by atoms with Crippen molar-refractivity contribution < 1.29 is 8.42 Å². The maximum absolute atomic E-state index is 12.4. The van der Waals surface area contributed by atoms with E-state index in [0.29, 0.717) is 11.0 Å². The Morgan fingerprint density at radius 2 is 1.95 bits per heavy atom. The summed E-state index contributed by atoms with van der Waals surface area (Å²) in [6.45, 7) is 3.41. The van der Waals surface area contributed by atoms with Crippen LogP contribution >= 0.6 is 15.9 Å². The minimum absolute atomic E-state index is 0.0430. The highest BCUT2D eigenvalue weighted by molar-refractivity contribution is 9.10. The van der Waals surface area contributed by atoms with Gasteiger partial charge in [0.1, 0.15) is 4.90 Å². The van der Waals surface area contributed by atoms with Gasteiger partial charge in [0, 0.05) is 23.4 Å². The highest BCUT2D eigenvalue weighted by Crippen LogP contribution is 2.24. The number of nitrogens with one attached hydrogen (secondary N) is 2. The molecule has 0 aliphatic heterocycles. The van der Waals surface area contributed by atoms with Crippen LogP contribution in [0.3, 0.4) is 0 Å². The van der Waals surface area contributed by atoms with Crippen molar-refractivity contribution in [3.8, 4) is 0 Å². The van der Waals surface area contributed by atoms with E-state index in [1.165, 1.54) is 12.4 Å². The Morgan fingerprint density at radius 3 is 2.62 bits per heavy atom. The molecular formula is C13H15BrN4O2S. The highest BCUT2D eigenvalue weighted by Gasteiger charge is 2.19. The number of sulfonamides is 1. The van der Waals surface area contributed by atoms with Crippen LogP contribution in [0.1, 0.15) is 12.5 Å². The smallest absolute Gasteiger partial charge is 0.265 e. The molecule has 8 heteroatoms. The first-order valence-corrected chi connectivity index (χ1v) is 8.59. The quantitative estimate of drug-likeness (QED) is 0.813. The Morgan fingerprint density at radius 1 is 1.24 bits per heavy atom. The Bertz CT molecular complexity index is 707. The van der Waals surface area contributed by atoms with Crippen LogP contribution in [0.25, 0.3) is 0 Å².